The van der Waals surface area contributed by atoms with Crippen LogP contribution in [0.5, 0.6) is 0 Å². The summed E-state index contributed by atoms with van der Waals surface area (Å²) < 4.78 is 0. The fourth-order valence-corrected chi connectivity index (χ4v) is 2.05. The zero-order valence-electron chi connectivity index (χ0n) is 12.2. The van der Waals surface area contributed by atoms with Gasteiger partial charge in [-0.2, -0.15) is 0 Å². The van der Waals surface area contributed by atoms with Crippen molar-refractivity contribution in [2.75, 3.05) is 17.4 Å². The van der Waals surface area contributed by atoms with Crippen LogP contribution in [0.4, 0.5) is 11.5 Å². The second-order valence-corrected chi connectivity index (χ2v) is 4.70. The molecule has 2 heterocycles. The van der Waals surface area contributed by atoms with Gasteiger partial charge in [0.1, 0.15) is 5.82 Å². The molecule has 0 atom stereocenters. The van der Waals surface area contributed by atoms with Gasteiger partial charge in [-0.1, -0.05) is 13.3 Å². The highest BCUT2D eigenvalue weighted by Gasteiger charge is 2.15. The predicted molar refractivity (Wildman–Crippen MR) is 83.0 cm³/mol. The maximum absolute atomic E-state index is 12.6. The number of anilines is 2. The molecule has 0 radical (unpaired) electrons. The first-order valence-corrected chi connectivity index (χ1v) is 6.81. The lowest BCUT2D eigenvalue weighted by atomic mass is 10.1. The average Bonchev–Trinajstić information content (AvgIpc) is 2.54. The Balaban J connectivity index is 2.31. The van der Waals surface area contributed by atoms with Crippen molar-refractivity contribution in [2.24, 2.45) is 5.84 Å². The predicted octanol–water partition coefficient (Wildman–Crippen LogP) is 1.99. The molecule has 0 aliphatic rings. The highest BCUT2D eigenvalue weighted by molar-refractivity contribution is 6.06. The number of carbonyl (C=O) groups is 1. The third-order valence-electron chi connectivity index (χ3n) is 3.13. The molecule has 2 aromatic rings. The Morgan fingerprint density at radius 1 is 1.33 bits per heavy atom. The topological polar surface area (TPSA) is 84.1 Å². The number of rotatable bonds is 5. The third-order valence-corrected chi connectivity index (χ3v) is 3.13. The van der Waals surface area contributed by atoms with E-state index in [0.717, 1.165) is 24.2 Å². The first-order valence-electron chi connectivity index (χ1n) is 6.81. The fraction of sp³-hybridized carbons (Fsp3) is 0.267. The average molecular weight is 285 g/mol. The Labute approximate surface area is 124 Å². The molecule has 6 nitrogen and oxygen atoms in total. The van der Waals surface area contributed by atoms with Gasteiger partial charge in [0.05, 0.1) is 0 Å². The maximum atomic E-state index is 12.6. The number of nitrogen functional groups attached to an aromatic ring is 1. The molecule has 0 saturated heterocycles. The highest BCUT2D eigenvalue weighted by atomic mass is 16.2. The molecule has 0 spiro atoms. The largest absolute Gasteiger partial charge is 0.311 e. The minimum Gasteiger partial charge on any atom is -0.311 e. The van der Waals surface area contributed by atoms with Crippen molar-refractivity contribution in [1.29, 1.82) is 0 Å². The van der Waals surface area contributed by atoms with Gasteiger partial charge in [0.2, 0.25) is 0 Å². The van der Waals surface area contributed by atoms with Crippen molar-refractivity contribution < 1.29 is 4.79 Å². The van der Waals surface area contributed by atoms with E-state index >= 15 is 0 Å². The number of carbonyl (C=O) groups excluding carboxylic acids is 1. The number of nitrogens with one attached hydrogen (secondary N) is 1. The first-order chi connectivity index (χ1) is 10.2. The van der Waals surface area contributed by atoms with E-state index in [0.29, 0.717) is 11.4 Å². The van der Waals surface area contributed by atoms with Gasteiger partial charge in [-0.3, -0.25) is 9.78 Å². The number of aryl methyl sites for hydroxylation is 1. The van der Waals surface area contributed by atoms with Gasteiger partial charge in [0.25, 0.3) is 5.91 Å². The van der Waals surface area contributed by atoms with Crippen LogP contribution in [-0.2, 0) is 6.42 Å². The van der Waals surface area contributed by atoms with Gasteiger partial charge in [0, 0.05) is 36.4 Å². The van der Waals surface area contributed by atoms with Crippen molar-refractivity contribution in [3.63, 3.8) is 0 Å². The molecule has 6 heteroatoms. The summed E-state index contributed by atoms with van der Waals surface area (Å²) in [6, 6.07) is 7.03. The van der Waals surface area contributed by atoms with E-state index in [1.54, 1.807) is 42.5 Å². The van der Waals surface area contributed by atoms with Gasteiger partial charge in [0.15, 0.2) is 0 Å². The Morgan fingerprint density at radius 2 is 2.05 bits per heavy atom. The summed E-state index contributed by atoms with van der Waals surface area (Å²) >= 11 is 0. The highest BCUT2D eigenvalue weighted by Crippen LogP contribution is 2.17. The second kappa shape index (κ2) is 6.81. The maximum Gasteiger partial charge on any atom is 0.258 e. The van der Waals surface area contributed by atoms with Crippen molar-refractivity contribution >= 4 is 17.4 Å². The van der Waals surface area contributed by atoms with E-state index in [2.05, 4.69) is 22.3 Å². The Kier molecular flexibility index (Phi) is 4.84. The molecule has 0 saturated carbocycles. The molecular formula is C15H19N5O. The lowest BCUT2D eigenvalue weighted by Crippen LogP contribution is -2.26. The number of hydrogen-bond donors (Lipinski definition) is 2. The van der Waals surface area contributed by atoms with Crippen LogP contribution in [-0.4, -0.2) is 22.9 Å². The van der Waals surface area contributed by atoms with Crippen LogP contribution in [0, 0.1) is 0 Å². The number of hydrazine groups is 1. The zero-order valence-corrected chi connectivity index (χ0v) is 12.2. The number of nitrogens with zero attached hydrogens (tertiary/aromatic N) is 3. The standard InChI is InChI=1S/C15H19N5O/c1-3-4-12-9-11(10-14(18-12)19-16)15(21)20(2)13-5-7-17-8-6-13/h5-10H,3-4,16H2,1-2H3,(H,18,19). The molecule has 110 valence electrons. The molecule has 21 heavy (non-hydrogen) atoms. The van der Waals surface area contributed by atoms with Gasteiger partial charge in [-0.15, -0.1) is 0 Å². The van der Waals surface area contributed by atoms with Crippen LogP contribution < -0.4 is 16.2 Å². The van der Waals surface area contributed by atoms with Crippen LogP contribution in [0.1, 0.15) is 29.4 Å². The molecule has 0 aromatic carbocycles. The van der Waals surface area contributed by atoms with E-state index < -0.39 is 0 Å². The van der Waals surface area contributed by atoms with Gasteiger partial charge >= 0.3 is 0 Å². The lowest BCUT2D eigenvalue weighted by molar-refractivity contribution is 0.0993. The SMILES string of the molecule is CCCc1cc(C(=O)N(C)c2ccncc2)cc(NN)n1. The van der Waals surface area contributed by atoms with Crippen LogP contribution in [0.25, 0.3) is 0 Å². The Morgan fingerprint density at radius 3 is 2.67 bits per heavy atom. The molecule has 3 N–H and O–H groups in total. The molecule has 0 fully saturated rings. The van der Waals surface area contributed by atoms with E-state index in [9.17, 15) is 4.79 Å². The van der Waals surface area contributed by atoms with Crippen LogP contribution >= 0.6 is 0 Å². The van der Waals surface area contributed by atoms with Crippen LogP contribution in [0.15, 0.2) is 36.7 Å². The number of nitrogens with two attached hydrogens (primary N) is 1. The molecule has 0 bridgehead atoms. The summed E-state index contributed by atoms with van der Waals surface area (Å²) in [5.74, 6) is 5.80. The Bertz CT molecular complexity index is 615. The lowest BCUT2D eigenvalue weighted by Gasteiger charge is -2.18. The van der Waals surface area contributed by atoms with Crippen molar-refractivity contribution in [1.82, 2.24) is 9.97 Å². The number of amides is 1. The summed E-state index contributed by atoms with van der Waals surface area (Å²) in [7, 11) is 1.73. The van der Waals surface area contributed by atoms with Crippen molar-refractivity contribution in [2.45, 2.75) is 19.8 Å². The molecule has 2 rings (SSSR count). The molecule has 2 aromatic heterocycles. The minimum absolute atomic E-state index is 0.113. The van der Waals surface area contributed by atoms with Gasteiger partial charge in [-0.25, -0.2) is 10.8 Å². The monoisotopic (exact) mass is 285 g/mol. The summed E-state index contributed by atoms with van der Waals surface area (Å²) in [5, 5.41) is 0. The molecular weight excluding hydrogens is 266 g/mol. The molecule has 0 aliphatic heterocycles. The summed E-state index contributed by atoms with van der Waals surface area (Å²) in [5.41, 5.74) is 4.69. The number of aromatic nitrogens is 2. The van der Waals surface area contributed by atoms with Gasteiger partial charge in [-0.05, 0) is 30.7 Å². The smallest absolute Gasteiger partial charge is 0.258 e. The molecule has 0 unspecified atom stereocenters. The van der Waals surface area contributed by atoms with Crippen molar-refractivity contribution in [3.05, 3.63) is 47.9 Å². The normalized spacial score (nSPS) is 10.2. The second-order valence-electron chi connectivity index (χ2n) is 4.70. The van der Waals surface area contributed by atoms with E-state index in [1.807, 2.05) is 6.07 Å². The fourth-order valence-electron chi connectivity index (χ4n) is 2.05. The summed E-state index contributed by atoms with van der Waals surface area (Å²) in [6.45, 7) is 2.06. The van der Waals surface area contributed by atoms with Crippen LogP contribution in [0.2, 0.25) is 0 Å². The zero-order chi connectivity index (χ0) is 15.2. The van der Waals surface area contributed by atoms with E-state index in [-0.39, 0.29) is 5.91 Å². The number of pyridine rings is 2. The summed E-state index contributed by atoms with van der Waals surface area (Å²) in [6.07, 6.45) is 5.06. The quantitative estimate of drug-likeness (QED) is 0.648. The first kappa shape index (κ1) is 14.9. The van der Waals surface area contributed by atoms with Gasteiger partial charge < -0.3 is 10.3 Å². The number of hydrogen-bond acceptors (Lipinski definition) is 5. The molecule has 1 amide bonds. The van der Waals surface area contributed by atoms with Crippen molar-refractivity contribution in [3.8, 4) is 0 Å². The minimum atomic E-state index is -0.113. The van der Waals surface area contributed by atoms with E-state index in [4.69, 9.17) is 5.84 Å². The Hall–Kier alpha value is -2.47. The molecule has 0 aliphatic carbocycles. The van der Waals surface area contributed by atoms with E-state index in [1.165, 1.54) is 0 Å². The third kappa shape index (κ3) is 3.55. The van der Waals surface area contributed by atoms with Crippen LogP contribution in [0.3, 0.4) is 0 Å². The summed E-state index contributed by atoms with van der Waals surface area (Å²) in [4.78, 5) is 22.4.